The van der Waals surface area contributed by atoms with Gasteiger partial charge in [0, 0.05) is 18.7 Å². The van der Waals surface area contributed by atoms with Crippen LogP contribution in [0.15, 0.2) is 48.7 Å². The molecule has 0 saturated carbocycles. The van der Waals surface area contributed by atoms with E-state index < -0.39 is 0 Å². The van der Waals surface area contributed by atoms with Crippen LogP contribution in [0.2, 0.25) is 0 Å². The first-order chi connectivity index (χ1) is 12.0. The lowest BCUT2D eigenvalue weighted by molar-refractivity contribution is 0.0841. The molecule has 0 bridgehead atoms. The summed E-state index contributed by atoms with van der Waals surface area (Å²) in [6.07, 6.45) is 1.64. The molecular formula is C18H18FN5O. The average Bonchev–Trinajstić information content (AvgIpc) is 3.05. The van der Waals surface area contributed by atoms with Gasteiger partial charge in [0.2, 0.25) is 11.8 Å². The van der Waals surface area contributed by atoms with Gasteiger partial charge in [-0.3, -0.25) is 9.78 Å². The average molecular weight is 339 g/mol. The van der Waals surface area contributed by atoms with Gasteiger partial charge in [-0.2, -0.15) is 9.67 Å². The number of halogens is 1. The van der Waals surface area contributed by atoms with Gasteiger partial charge in [-0.1, -0.05) is 32.0 Å². The summed E-state index contributed by atoms with van der Waals surface area (Å²) >= 11 is 0. The van der Waals surface area contributed by atoms with E-state index in [1.165, 1.54) is 16.8 Å². The summed E-state index contributed by atoms with van der Waals surface area (Å²) in [6, 6.07) is 11.5. The fraction of sp³-hybridized carbons (Fsp3) is 0.222. The summed E-state index contributed by atoms with van der Waals surface area (Å²) in [4.78, 5) is 21.0. The number of carbonyl (C=O) groups is 1. The van der Waals surface area contributed by atoms with Crippen LogP contribution in [0, 0.1) is 11.7 Å². The number of anilines is 1. The second kappa shape index (κ2) is 7.21. The van der Waals surface area contributed by atoms with Gasteiger partial charge in [0.05, 0.1) is 0 Å². The molecular weight excluding hydrogens is 321 g/mol. The molecule has 0 unspecified atom stereocenters. The number of nitrogens with zero attached hydrogens (tertiary/aromatic N) is 4. The number of benzene rings is 1. The van der Waals surface area contributed by atoms with Crippen LogP contribution in [0.1, 0.15) is 24.2 Å². The van der Waals surface area contributed by atoms with Crippen LogP contribution in [-0.4, -0.2) is 25.7 Å². The first-order valence-electron chi connectivity index (χ1n) is 7.95. The third-order valence-corrected chi connectivity index (χ3v) is 3.57. The highest BCUT2D eigenvalue weighted by atomic mass is 19.1. The van der Waals surface area contributed by atoms with Crippen molar-refractivity contribution < 1.29 is 9.18 Å². The molecule has 1 N–H and O–H groups in total. The predicted molar refractivity (Wildman–Crippen MR) is 92.4 cm³/mol. The molecule has 1 aromatic carbocycles. The van der Waals surface area contributed by atoms with E-state index >= 15 is 0 Å². The zero-order valence-electron chi connectivity index (χ0n) is 14.0. The number of hydrogen-bond donors (Lipinski definition) is 1. The van der Waals surface area contributed by atoms with Crippen LogP contribution in [-0.2, 0) is 6.54 Å². The number of pyridine rings is 1. The number of rotatable bonds is 5. The molecule has 0 aliphatic carbocycles. The predicted octanol–water partition coefficient (Wildman–Crippen LogP) is 3.39. The van der Waals surface area contributed by atoms with Crippen LogP contribution < -0.4 is 5.32 Å². The molecule has 0 fully saturated rings. The van der Waals surface area contributed by atoms with E-state index in [9.17, 15) is 9.18 Å². The Morgan fingerprint density at radius 3 is 2.60 bits per heavy atom. The Balaban J connectivity index is 1.89. The van der Waals surface area contributed by atoms with E-state index in [4.69, 9.17) is 0 Å². The topological polar surface area (TPSA) is 72.7 Å². The maximum atomic E-state index is 13.0. The van der Waals surface area contributed by atoms with Crippen molar-refractivity contribution in [2.75, 3.05) is 5.32 Å². The third kappa shape index (κ3) is 3.88. The van der Waals surface area contributed by atoms with Crippen molar-refractivity contribution in [3.05, 3.63) is 60.0 Å². The molecule has 128 valence electrons. The van der Waals surface area contributed by atoms with Gasteiger partial charge in [0.25, 0.3) is 5.91 Å². The zero-order chi connectivity index (χ0) is 17.8. The quantitative estimate of drug-likeness (QED) is 0.771. The summed E-state index contributed by atoms with van der Waals surface area (Å²) in [5, 5.41) is 7.39. The second-order valence-corrected chi connectivity index (χ2v) is 5.86. The molecule has 2 aromatic heterocycles. The third-order valence-electron chi connectivity index (χ3n) is 3.57. The van der Waals surface area contributed by atoms with Gasteiger partial charge in [-0.05, 0) is 29.8 Å². The molecule has 0 radical (unpaired) electrons. The summed E-state index contributed by atoms with van der Waals surface area (Å²) in [5.74, 6) is 0.0140. The van der Waals surface area contributed by atoms with E-state index in [-0.39, 0.29) is 17.6 Å². The van der Waals surface area contributed by atoms with Crippen molar-refractivity contribution in [3.63, 3.8) is 0 Å². The van der Waals surface area contributed by atoms with E-state index in [1.54, 1.807) is 44.3 Å². The lowest BCUT2D eigenvalue weighted by Gasteiger charge is -2.08. The minimum absolute atomic E-state index is 0.170. The van der Waals surface area contributed by atoms with Crippen molar-refractivity contribution in [1.82, 2.24) is 19.7 Å². The van der Waals surface area contributed by atoms with Gasteiger partial charge in [0.15, 0.2) is 0 Å². The summed E-state index contributed by atoms with van der Waals surface area (Å²) in [7, 11) is 0. The summed E-state index contributed by atoms with van der Waals surface area (Å²) in [6.45, 7) is 3.99. The van der Waals surface area contributed by atoms with E-state index in [1.807, 2.05) is 6.07 Å². The lowest BCUT2D eigenvalue weighted by atomic mass is 10.2. The van der Waals surface area contributed by atoms with Crippen molar-refractivity contribution in [2.24, 2.45) is 5.92 Å². The lowest BCUT2D eigenvalue weighted by Crippen LogP contribution is -2.21. The highest BCUT2D eigenvalue weighted by Gasteiger charge is 2.19. The van der Waals surface area contributed by atoms with Gasteiger partial charge in [-0.15, -0.1) is 5.10 Å². The van der Waals surface area contributed by atoms with Crippen LogP contribution >= 0.6 is 0 Å². The van der Waals surface area contributed by atoms with Gasteiger partial charge >= 0.3 is 0 Å². The van der Waals surface area contributed by atoms with E-state index in [2.05, 4.69) is 20.4 Å². The number of nitrogens with one attached hydrogen (secondary N) is 1. The van der Waals surface area contributed by atoms with Crippen LogP contribution in [0.25, 0.3) is 11.5 Å². The zero-order valence-corrected chi connectivity index (χ0v) is 14.0. The molecule has 0 spiro atoms. The highest BCUT2D eigenvalue weighted by molar-refractivity contribution is 5.82. The highest BCUT2D eigenvalue weighted by Crippen LogP contribution is 2.17. The number of hydrogen-bond acceptors (Lipinski definition) is 5. The molecule has 3 rings (SSSR count). The van der Waals surface area contributed by atoms with Gasteiger partial charge in [-0.25, -0.2) is 4.39 Å². The van der Waals surface area contributed by atoms with Crippen molar-refractivity contribution >= 4 is 11.9 Å². The Bertz CT molecular complexity index is 859. The molecule has 0 aliphatic rings. The van der Waals surface area contributed by atoms with Gasteiger partial charge in [0.1, 0.15) is 11.5 Å². The fourth-order valence-electron chi connectivity index (χ4n) is 2.21. The first-order valence-corrected chi connectivity index (χ1v) is 7.95. The van der Waals surface area contributed by atoms with E-state index in [0.717, 1.165) is 5.56 Å². The SMILES string of the molecule is CC(C)C(=O)n1nc(-c2ccccn2)nc1NCc1ccc(F)cc1. The van der Waals surface area contributed by atoms with Crippen molar-refractivity contribution in [3.8, 4) is 11.5 Å². The normalized spacial score (nSPS) is 10.9. The van der Waals surface area contributed by atoms with Crippen molar-refractivity contribution in [1.29, 1.82) is 0 Å². The van der Waals surface area contributed by atoms with Crippen LogP contribution in [0.3, 0.4) is 0 Å². The molecule has 0 atom stereocenters. The Morgan fingerprint density at radius 2 is 1.96 bits per heavy atom. The molecule has 0 saturated heterocycles. The smallest absolute Gasteiger partial charge is 0.252 e. The minimum Gasteiger partial charge on any atom is -0.350 e. The number of carbonyl (C=O) groups excluding carboxylic acids is 1. The van der Waals surface area contributed by atoms with Crippen LogP contribution in [0.4, 0.5) is 10.3 Å². The Morgan fingerprint density at radius 1 is 1.20 bits per heavy atom. The number of aromatic nitrogens is 4. The summed E-state index contributed by atoms with van der Waals surface area (Å²) in [5.41, 5.74) is 1.45. The van der Waals surface area contributed by atoms with Crippen molar-refractivity contribution in [2.45, 2.75) is 20.4 Å². The molecule has 3 aromatic rings. The monoisotopic (exact) mass is 339 g/mol. The Hall–Kier alpha value is -3.09. The molecule has 7 heteroatoms. The standard InChI is InChI=1S/C18H18FN5O/c1-12(2)17(25)24-18(21-11-13-6-8-14(19)9-7-13)22-16(23-24)15-5-3-4-10-20-15/h3-10,12H,11H2,1-2H3,(H,21,22,23). The first kappa shape index (κ1) is 16.8. The molecule has 0 amide bonds. The maximum absolute atomic E-state index is 13.0. The van der Waals surface area contributed by atoms with E-state index in [0.29, 0.717) is 24.0 Å². The largest absolute Gasteiger partial charge is 0.350 e. The minimum atomic E-state index is -0.292. The fourth-order valence-corrected chi connectivity index (χ4v) is 2.21. The summed E-state index contributed by atoms with van der Waals surface area (Å²) < 4.78 is 14.3. The Kier molecular flexibility index (Phi) is 4.83. The molecule has 2 heterocycles. The maximum Gasteiger partial charge on any atom is 0.252 e. The van der Waals surface area contributed by atoms with Crippen LogP contribution in [0.5, 0.6) is 0 Å². The second-order valence-electron chi connectivity index (χ2n) is 5.86. The molecule has 6 nitrogen and oxygen atoms in total. The molecule has 25 heavy (non-hydrogen) atoms. The Labute approximate surface area is 144 Å². The molecule has 0 aliphatic heterocycles. The van der Waals surface area contributed by atoms with Gasteiger partial charge < -0.3 is 5.32 Å².